The first-order valence-electron chi connectivity index (χ1n) is 4.91. The predicted octanol–water partition coefficient (Wildman–Crippen LogP) is 1.25. The number of fused-ring (bicyclic) bond motifs is 1. The third-order valence-corrected chi connectivity index (χ3v) is 2.49. The van der Waals surface area contributed by atoms with Gasteiger partial charge >= 0.3 is 6.09 Å². The molecule has 4 nitrogen and oxygen atoms in total. The van der Waals surface area contributed by atoms with E-state index >= 15 is 0 Å². The van der Waals surface area contributed by atoms with Crippen LogP contribution < -0.4 is 0 Å². The van der Waals surface area contributed by atoms with Crippen molar-refractivity contribution in [2.75, 3.05) is 13.2 Å². The first-order valence-corrected chi connectivity index (χ1v) is 4.91. The molecule has 0 aromatic carbocycles. The third-order valence-electron chi connectivity index (χ3n) is 2.49. The molecule has 1 heterocycles. The zero-order valence-electron chi connectivity index (χ0n) is 8.57. The van der Waals surface area contributed by atoms with Crippen molar-refractivity contribution in [2.45, 2.75) is 38.0 Å². The van der Waals surface area contributed by atoms with Crippen LogP contribution in [0.2, 0.25) is 0 Å². The number of carbonyl (C=O) groups excluding carboxylic acids is 1. The van der Waals surface area contributed by atoms with E-state index in [2.05, 4.69) is 0 Å². The molecule has 2 atom stereocenters. The molecule has 2 fully saturated rings. The van der Waals surface area contributed by atoms with Gasteiger partial charge in [0, 0.05) is 6.54 Å². The van der Waals surface area contributed by atoms with Crippen molar-refractivity contribution < 1.29 is 23.0 Å². The van der Waals surface area contributed by atoms with Crippen LogP contribution in [-0.2, 0) is 9.47 Å². The standard InChI is InChI=1S/C9H13F2NO3/c1-5(2)15-8(13)12-3-4-14-7-6(12)9(7,10)11/h5-7H,3-4H2,1-2H3. The Bertz CT molecular complexity index is 283. The molecule has 2 rings (SSSR count). The Morgan fingerprint density at radius 1 is 1.60 bits per heavy atom. The van der Waals surface area contributed by atoms with Crippen molar-refractivity contribution in [1.82, 2.24) is 4.90 Å². The zero-order valence-corrected chi connectivity index (χ0v) is 8.57. The third kappa shape index (κ3) is 1.67. The summed E-state index contributed by atoms with van der Waals surface area (Å²) in [6.45, 7) is 3.67. The first-order chi connectivity index (χ1) is 6.94. The van der Waals surface area contributed by atoms with Crippen LogP contribution in [-0.4, -0.2) is 48.3 Å². The maximum atomic E-state index is 13.1. The molecular weight excluding hydrogens is 208 g/mol. The van der Waals surface area contributed by atoms with Crippen LogP contribution >= 0.6 is 0 Å². The van der Waals surface area contributed by atoms with Gasteiger partial charge in [-0.25, -0.2) is 13.6 Å². The van der Waals surface area contributed by atoms with Crippen molar-refractivity contribution >= 4 is 6.09 Å². The van der Waals surface area contributed by atoms with Gasteiger partial charge in [-0.15, -0.1) is 0 Å². The number of carbonyl (C=O) groups is 1. The van der Waals surface area contributed by atoms with E-state index in [1.165, 1.54) is 0 Å². The van der Waals surface area contributed by atoms with E-state index in [1.807, 2.05) is 0 Å². The molecule has 0 aromatic heterocycles. The molecule has 1 saturated carbocycles. The van der Waals surface area contributed by atoms with Crippen LogP contribution in [0.5, 0.6) is 0 Å². The second-order valence-corrected chi connectivity index (χ2v) is 4.04. The first kappa shape index (κ1) is 10.6. The van der Waals surface area contributed by atoms with E-state index in [4.69, 9.17) is 9.47 Å². The SMILES string of the molecule is CC(C)OC(=O)N1CCOC2C1C2(F)F. The Morgan fingerprint density at radius 2 is 2.27 bits per heavy atom. The maximum Gasteiger partial charge on any atom is 0.410 e. The fourth-order valence-electron chi connectivity index (χ4n) is 1.75. The summed E-state index contributed by atoms with van der Waals surface area (Å²) in [7, 11) is 0. The maximum absolute atomic E-state index is 13.1. The number of amides is 1. The number of morpholine rings is 1. The minimum atomic E-state index is -2.91. The Hall–Kier alpha value is -0.910. The van der Waals surface area contributed by atoms with Gasteiger partial charge in [-0.3, -0.25) is 4.90 Å². The highest BCUT2D eigenvalue weighted by Crippen LogP contribution is 2.50. The fraction of sp³-hybridized carbons (Fsp3) is 0.889. The molecule has 2 unspecified atom stereocenters. The summed E-state index contributed by atoms with van der Waals surface area (Å²) in [5.41, 5.74) is 0. The second kappa shape index (κ2) is 3.30. The van der Waals surface area contributed by atoms with Gasteiger partial charge in [-0.2, -0.15) is 0 Å². The Kier molecular flexibility index (Phi) is 2.33. The van der Waals surface area contributed by atoms with Gasteiger partial charge in [-0.1, -0.05) is 0 Å². The number of hydrogen-bond donors (Lipinski definition) is 0. The highest BCUT2D eigenvalue weighted by Gasteiger charge is 2.75. The molecule has 1 amide bonds. The Balaban J connectivity index is 2.01. The van der Waals surface area contributed by atoms with Gasteiger partial charge in [0.05, 0.1) is 12.7 Å². The monoisotopic (exact) mass is 221 g/mol. The van der Waals surface area contributed by atoms with Gasteiger partial charge in [0.2, 0.25) is 0 Å². The summed E-state index contributed by atoms with van der Waals surface area (Å²) in [5.74, 6) is -2.91. The fourth-order valence-corrected chi connectivity index (χ4v) is 1.75. The van der Waals surface area contributed by atoms with Crippen LogP contribution in [0.25, 0.3) is 0 Å². The average Bonchev–Trinajstić information content (AvgIpc) is 2.69. The van der Waals surface area contributed by atoms with Crippen LogP contribution in [0.15, 0.2) is 0 Å². The minimum Gasteiger partial charge on any atom is -0.447 e. The second-order valence-electron chi connectivity index (χ2n) is 4.04. The molecule has 0 N–H and O–H groups in total. The van der Waals surface area contributed by atoms with Gasteiger partial charge < -0.3 is 9.47 Å². The number of hydrogen-bond acceptors (Lipinski definition) is 3. The highest BCUT2D eigenvalue weighted by atomic mass is 19.3. The average molecular weight is 221 g/mol. The summed E-state index contributed by atoms with van der Waals surface area (Å²) in [4.78, 5) is 12.5. The molecule has 15 heavy (non-hydrogen) atoms. The van der Waals surface area contributed by atoms with Crippen molar-refractivity contribution in [1.29, 1.82) is 0 Å². The molecule has 2 aliphatic rings. The van der Waals surface area contributed by atoms with Crippen molar-refractivity contribution in [3.8, 4) is 0 Å². The number of ether oxygens (including phenoxy) is 2. The highest BCUT2D eigenvalue weighted by molar-refractivity contribution is 5.69. The number of rotatable bonds is 1. The zero-order chi connectivity index (χ0) is 11.2. The van der Waals surface area contributed by atoms with Crippen LogP contribution in [0.1, 0.15) is 13.8 Å². The molecule has 1 saturated heterocycles. The molecule has 0 aromatic rings. The van der Waals surface area contributed by atoms with Gasteiger partial charge in [-0.05, 0) is 13.8 Å². The summed E-state index contributed by atoms with van der Waals surface area (Å²) in [5, 5.41) is 0. The molecule has 0 spiro atoms. The lowest BCUT2D eigenvalue weighted by molar-refractivity contribution is 0.00458. The van der Waals surface area contributed by atoms with E-state index in [9.17, 15) is 13.6 Å². The van der Waals surface area contributed by atoms with Gasteiger partial charge in [0.25, 0.3) is 5.92 Å². The molecule has 1 aliphatic carbocycles. The topological polar surface area (TPSA) is 38.8 Å². The van der Waals surface area contributed by atoms with E-state index in [-0.39, 0.29) is 19.3 Å². The smallest absolute Gasteiger partial charge is 0.410 e. The summed E-state index contributed by atoms with van der Waals surface area (Å²) >= 11 is 0. The predicted molar refractivity (Wildman–Crippen MR) is 46.8 cm³/mol. The molecule has 0 bridgehead atoms. The van der Waals surface area contributed by atoms with Crippen LogP contribution in [0, 0.1) is 0 Å². The van der Waals surface area contributed by atoms with E-state index in [0.29, 0.717) is 0 Å². The number of alkyl halides is 2. The number of nitrogens with zero attached hydrogens (tertiary/aromatic N) is 1. The normalized spacial score (nSPS) is 32.5. The van der Waals surface area contributed by atoms with E-state index < -0.39 is 24.2 Å². The van der Waals surface area contributed by atoms with Crippen molar-refractivity contribution in [3.05, 3.63) is 0 Å². The lowest BCUT2D eigenvalue weighted by Crippen LogP contribution is -2.42. The molecule has 6 heteroatoms. The van der Waals surface area contributed by atoms with Crippen LogP contribution in [0.4, 0.5) is 13.6 Å². The largest absolute Gasteiger partial charge is 0.447 e. The summed E-state index contributed by atoms with van der Waals surface area (Å²) in [6, 6.07) is -1.13. The quantitative estimate of drug-likeness (QED) is 0.669. The molecule has 86 valence electrons. The summed E-state index contributed by atoms with van der Waals surface area (Å²) in [6.07, 6.45) is -2.11. The van der Waals surface area contributed by atoms with Gasteiger partial charge in [0.1, 0.15) is 12.1 Å². The Labute approximate surface area is 86.1 Å². The minimum absolute atomic E-state index is 0.143. The molecule has 1 aliphatic heterocycles. The van der Waals surface area contributed by atoms with E-state index in [0.717, 1.165) is 4.90 Å². The van der Waals surface area contributed by atoms with Crippen molar-refractivity contribution in [2.24, 2.45) is 0 Å². The van der Waals surface area contributed by atoms with Gasteiger partial charge in [0.15, 0.2) is 0 Å². The molecular formula is C9H13F2NO3. The van der Waals surface area contributed by atoms with Crippen LogP contribution in [0.3, 0.4) is 0 Å². The number of halogens is 2. The lowest BCUT2D eigenvalue weighted by atomic mass is 10.4. The lowest BCUT2D eigenvalue weighted by Gasteiger charge is -2.25. The van der Waals surface area contributed by atoms with E-state index in [1.54, 1.807) is 13.8 Å². The molecule has 0 radical (unpaired) electrons. The Morgan fingerprint density at radius 3 is 2.87 bits per heavy atom. The van der Waals surface area contributed by atoms with Crippen molar-refractivity contribution in [3.63, 3.8) is 0 Å². The summed E-state index contributed by atoms with van der Waals surface area (Å²) < 4.78 is 35.9.